The van der Waals surface area contributed by atoms with E-state index in [2.05, 4.69) is 0 Å². The average molecular weight is 168 g/mol. The molecule has 0 aliphatic carbocycles. The molecule has 1 atom stereocenters. The summed E-state index contributed by atoms with van der Waals surface area (Å²) in [6.07, 6.45) is -1.63. The molecule has 0 aromatic carbocycles. The van der Waals surface area contributed by atoms with Crippen LogP contribution in [0.2, 0.25) is 0 Å². The van der Waals surface area contributed by atoms with E-state index in [1.807, 2.05) is 0 Å². The molecule has 0 saturated carbocycles. The van der Waals surface area contributed by atoms with Gasteiger partial charge in [-0.05, 0) is 0 Å². The Morgan fingerprint density at radius 3 is 1.55 bits per heavy atom. The maximum atomic E-state index is 9.52. The standard InChI is InChI=1S/C3H6O4.C2H6O2/c4-1-2(5)3(6)7;3-1-2-4/h2,4-5H,1H2,(H,6,7);3-4H,1-2H2. The molecule has 0 amide bonds. The van der Waals surface area contributed by atoms with Crippen molar-refractivity contribution in [3.05, 3.63) is 0 Å². The lowest BCUT2D eigenvalue weighted by Crippen LogP contribution is -2.22. The van der Waals surface area contributed by atoms with Crippen LogP contribution in [0.25, 0.3) is 0 Å². The molecule has 1 unspecified atom stereocenters. The first-order chi connectivity index (χ1) is 5.09. The van der Waals surface area contributed by atoms with Crippen molar-refractivity contribution in [3.63, 3.8) is 0 Å². The zero-order valence-corrected chi connectivity index (χ0v) is 5.84. The van der Waals surface area contributed by atoms with E-state index in [1.54, 1.807) is 0 Å². The molecule has 0 heterocycles. The second-order valence-corrected chi connectivity index (χ2v) is 1.48. The minimum Gasteiger partial charge on any atom is -0.479 e. The highest BCUT2D eigenvalue weighted by Gasteiger charge is 2.08. The first-order valence-electron chi connectivity index (χ1n) is 2.83. The number of carboxylic acids is 1. The van der Waals surface area contributed by atoms with E-state index in [1.165, 1.54) is 0 Å². The van der Waals surface area contributed by atoms with E-state index in [-0.39, 0.29) is 13.2 Å². The highest BCUT2D eigenvalue weighted by atomic mass is 16.4. The summed E-state index contributed by atoms with van der Waals surface area (Å²) in [6, 6.07) is 0. The van der Waals surface area contributed by atoms with E-state index < -0.39 is 18.7 Å². The number of carbonyl (C=O) groups is 1. The predicted molar refractivity (Wildman–Crippen MR) is 34.9 cm³/mol. The van der Waals surface area contributed by atoms with E-state index in [4.69, 9.17) is 25.5 Å². The number of aliphatic hydroxyl groups excluding tert-OH is 4. The third-order valence-corrected chi connectivity index (χ3v) is 0.558. The summed E-state index contributed by atoms with van der Waals surface area (Å²) in [6.45, 7) is -0.977. The van der Waals surface area contributed by atoms with Crippen LogP contribution in [0.3, 0.4) is 0 Å². The Kier molecular flexibility index (Phi) is 11.0. The second-order valence-electron chi connectivity index (χ2n) is 1.48. The second kappa shape index (κ2) is 9.31. The van der Waals surface area contributed by atoms with Crippen molar-refractivity contribution in [3.8, 4) is 0 Å². The molecule has 0 spiro atoms. The van der Waals surface area contributed by atoms with Gasteiger partial charge in [0.2, 0.25) is 0 Å². The summed E-state index contributed by atoms with van der Waals surface area (Å²) in [5.74, 6) is -1.40. The van der Waals surface area contributed by atoms with E-state index in [0.29, 0.717) is 0 Å². The van der Waals surface area contributed by atoms with E-state index in [9.17, 15) is 4.79 Å². The molecule has 0 bridgehead atoms. The number of rotatable bonds is 3. The lowest BCUT2D eigenvalue weighted by atomic mass is 10.4. The zero-order valence-electron chi connectivity index (χ0n) is 5.84. The molecule has 0 aliphatic rings. The Morgan fingerprint density at radius 1 is 1.18 bits per heavy atom. The van der Waals surface area contributed by atoms with Crippen LogP contribution in [0.1, 0.15) is 0 Å². The highest BCUT2D eigenvalue weighted by Crippen LogP contribution is 1.75. The SMILES string of the molecule is O=C(O)C(O)CO.OCCO. The van der Waals surface area contributed by atoms with E-state index >= 15 is 0 Å². The fourth-order valence-electron chi connectivity index (χ4n) is 0.0781. The van der Waals surface area contributed by atoms with Crippen LogP contribution in [0.5, 0.6) is 0 Å². The van der Waals surface area contributed by atoms with Crippen LogP contribution in [0.4, 0.5) is 0 Å². The average Bonchev–Trinajstić information content (AvgIpc) is 2.03. The van der Waals surface area contributed by atoms with Crippen molar-refractivity contribution in [2.75, 3.05) is 19.8 Å². The number of hydrogen-bond acceptors (Lipinski definition) is 5. The maximum absolute atomic E-state index is 9.52. The van der Waals surface area contributed by atoms with Crippen molar-refractivity contribution in [2.24, 2.45) is 0 Å². The summed E-state index contributed by atoms with van der Waals surface area (Å²) in [5, 5.41) is 39.0. The van der Waals surface area contributed by atoms with Crippen molar-refractivity contribution in [1.29, 1.82) is 0 Å². The minimum atomic E-state index is -1.63. The molecule has 6 nitrogen and oxygen atoms in total. The normalized spacial score (nSPS) is 11.3. The van der Waals surface area contributed by atoms with Gasteiger partial charge in [0.05, 0.1) is 19.8 Å². The monoisotopic (exact) mass is 168 g/mol. The topological polar surface area (TPSA) is 118 Å². The molecule has 5 N–H and O–H groups in total. The van der Waals surface area contributed by atoms with Crippen LogP contribution in [-0.4, -0.2) is 57.4 Å². The molecule has 0 radical (unpaired) electrons. The number of carboxylic acid groups (broad SMARTS) is 1. The molecule has 0 saturated heterocycles. The Balaban J connectivity index is 0. The highest BCUT2D eigenvalue weighted by molar-refractivity contribution is 5.71. The number of hydrogen-bond donors (Lipinski definition) is 5. The summed E-state index contributed by atoms with van der Waals surface area (Å²) in [5.41, 5.74) is 0. The molecule has 0 aromatic heterocycles. The summed E-state index contributed by atoms with van der Waals surface area (Å²) >= 11 is 0. The third kappa shape index (κ3) is 12.5. The summed E-state index contributed by atoms with van der Waals surface area (Å²) in [7, 11) is 0. The Bertz CT molecular complexity index is 91.0. The molecule has 0 fully saturated rings. The molecular formula is C5H12O6. The van der Waals surface area contributed by atoms with Crippen LogP contribution in [0, 0.1) is 0 Å². The Hall–Kier alpha value is -0.690. The van der Waals surface area contributed by atoms with Gasteiger partial charge in [0.15, 0.2) is 6.10 Å². The van der Waals surface area contributed by atoms with Crippen LogP contribution < -0.4 is 0 Å². The van der Waals surface area contributed by atoms with Crippen molar-refractivity contribution < 1.29 is 30.3 Å². The lowest BCUT2D eigenvalue weighted by Gasteiger charge is -1.95. The first-order valence-corrected chi connectivity index (χ1v) is 2.83. The van der Waals surface area contributed by atoms with Gasteiger partial charge >= 0.3 is 5.97 Å². The predicted octanol–water partition coefficient (Wildman–Crippen LogP) is -2.60. The van der Waals surface area contributed by atoms with Gasteiger partial charge in [0, 0.05) is 0 Å². The molecule has 0 aromatic rings. The van der Waals surface area contributed by atoms with Crippen LogP contribution in [0.15, 0.2) is 0 Å². The molecular weight excluding hydrogens is 156 g/mol. The summed E-state index contributed by atoms with van der Waals surface area (Å²) in [4.78, 5) is 9.52. The van der Waals surface area contributed by atoms with Gasteiger partial charge in [-0.25, -0.2) is 4.79 Å². The molecule has 0 aliphatic heterocycles. The lowest BCUT2D eigenvalue weighted by molar-refractivity contribution is -0.148. The van der Waals surface area contributed by atoms with Gasteiger partial charge in [0.1, 0.15) is 0 Å². The Labute approximate surface area is 63.3 Å². The fraction of sp³-hybridized carbons (Fsp3) is 0.800. The van der Waals surface area contributed by atoms with Gasteiger partial charge in [-0.1, -0.05) is 0 Å². The van der Waals surface area contributed by atoms with Gasteiger partial charge in [-0.15, -0.1) is 0 Å². The zero-order chi connectivity index (χ0) is 9.28. The quantitative estimate of drug-likeness (QED) is 0.315. The Morgan fingerprint density at radius 2 is 1.55 bits per heavy atom. The summed E-state index contributed by atoms with van der Waals surface area (Å²) < 4.78 is 0. The van der Waals surface area contributed by atoms with Crippen molar-refractivity contribution in [1.82, 2.24) is 0 Å². The number of aliphatic hydroxyl groups is 4. The first kappa shape index (κ1) is 12.9. The fourth-order valence-corrected chi connectivity index (χ4v) is 0.0781. The van der Waals surface area contributed by atoms with Gasteiger partial charge in [-0.2, -0.15) is 0 Å². The van der Waals surface area contributed by atoms with Crippen LogP contribution >= 0.6 is 0 Å². The van der Waals surface area contributed by atoms with Crippen molar-refractivity contribution in [2.45, 2.75) is 6.10 Å². The number of aliphatic carboxylic acids is 1. The largest absolute Gasteiger partial charge is 0.479 e. The maximum Gasteiger partial charge on any atom is 0.334 e. The molecule has 68 valence electrons. The molecule has 11 heavy (non-hydrogen) atoms. The minimum absolute atomic E-state index is 0.125. The molecule has 6 heteroatoms. The van der Waals surface area contributed by atoms with Gasteiger partial charge in [-0.3, -0.25) is 0 Å². The van der Waals surface area contributed by atoms with Gasteiger partial charge in [0.25, 0.3) is 0 Å². The van der Waals surface area contributed by atoms with Crippen molar-refractivity contribution >= 4 is 5.97 Å². The molecule has 0 rings (SSSR count). The van der Waals surface area contributed by atoms with E-state index in [0.717, 1.165) is 0 Å². The third-order valence-electron chi connectivity index (χ3n) is 0.558. The smallest absolute Gasteiger partial charge is 0.334 e. The van der Waals surface area contributed by atoms with Crippen LogP contribution in [-0.2, 0) is 4.79 Å². The van der Waals surface area contributed by atoms with Gasteiger partial charge < -0.3 is 25.5 Å².